The average Bonchev–Trinajstić information content (AvgIpc) is 1.67. The molecule has 3 saturated heterocycles. The van der Waals surface area contributed by atoms with Gasteiger partial charge in [0.05, 0.1) is 77.4 Å². The van der Waals surface area contributed by atoms with Crippen LogP contribution in [0.5, 0.6) is 17.2 Å². The Kier molecular flexibility index (Phi) is 24.8. The second kappa shape index (κ2) is 33.3. The second-order valence-corrected chi connectivity index (χ2v) is 27.7. The smallest absolute Gasteiger partial charge is 0.175 e. The summed E-state index contributed by atoms with van der Waals surface area (Å²) in [6, 6.07) is 21.1. The molecule has 8 aromatic rings. The van der Waals surface area contributed by atoms with Crippen molar-refractivity contribution in [2.75, 3.05) is 111 Å². The molecule has 0 bridgehead atoms. The summed E-state index contributed by atoms with van der Waals surface area (Å²) in [5.41, 5.74) is 11.8. The van der Waals surface area contributed by atoms with Crippen LogP contribution in [0.3, 0.4) is 0 Å². The lowest BCUT2D eigenvalue weighted by Crippen LogP contribution is -2.33. The predicted molar refractivity (Wildman–Crippen MR) is 372 cm³/mol. The highest BCUT2D eigenvalue weighted by molar-refractivity contribution is 5.87. The van der Waals surface area contributed by atoms with Gasteiger partial charge < -0.3 is 57.6 Å². The maximum atomic E-state index is 6.16. The molecule has 3 aromatic carbocycles. The van der Waals surface area contributed by atoms with Crippen molar-refractivity contribution in [1.29, 1.82) is 0 Å². The first kappa shape index (κ1) is 68.6. The number of aryl methyl sites for hydroxylation is 3. The monoisotopic (exact) mass is 1300 g/mol. The van der Waals surface area contributed by atoms with E-state index in [9.17, 15) is 0 Å². The van der Waals surface area contributed by atoms with Crippen molar-refractivity contribution in [3.8, 4) is 17.2 Å². The molecule has 1 N–H and O–H groups in total. The van der Waals surface area contributed by atoms with Crippen molar-refractivity contribution >= 4 is 69.1 Å². The molecule has 3 aliphatic heterocycles. The molecule has 8 heterocycles. The largest absolute Gasteiger partial charge is 0.493 e. The fourth-order valence-electron chi connectivity index (χ4n) is 13.3. The van der Waals surface area contributed by atoms with Gasteiger partial charge >= 0.3 is 0 Å². The molecule has 19 heteroatoms. The topological polar surface area (TPSA) is 160 Å². The van der Waals surface area contributed by atoms with Crippen LogP contribution < -0.4 is 29.3 Å². The Labute approximate surface area is 557 Å². The molecule has 0 amide bonds. The van der Waals surface area contributed by atoms with E-state index < -0.39 is 0 Å². The number of benzene rings is 3. The van der Waals surface area contributed by atoms with Gasteiger partial charge in [0.15, 0.2) is 16.7 Å². The molecule has 17 nitrogen and oxygen atoms in total. The van der Waals surface area contributed by atoms with Gasteiger partial charge in [-0.3, -0.25) is 9.97 Å². The van der Waals surface area contributed by atoms with E-state index in [1.54, 1.807) is 0 Å². The first-order valence-corrected chi connectivity index (χ1v) is 34.1. The normalized spacial score (nSPS) is 17.4. The molecule has 498 valence electrons. The Balaban J connectivity index is 0.000000151. The van der Waals surface area contributed by atoms with Gasteiger partial charge in [-0.25, -0.2) is 0 Å². The Morgan fingerprint density at radius 1 is 0.424 bits per heavy atom. The molecular formula is C73H101Cl2N11O6. The SMILES string of the molecule is CN(C)Cc1c(OCC2CC2)ccc2c(CCC3CCN(c4cccnc4)CC3)noc12.CN(C)Cc1c(OCC2CC2)ccc2c(CCC3CCN(c4cccnc4)CC3)noc12.CN(C)Cc1c(OCC2CC2)ccc2c(CCC3CCNCC3)noc12.Cl.Cl. The van der Waals surface area contributed by atoms with Gasteiger partial charge in [-0.05, 0) is 267 Å². The van der Waals surface area contributed by atoms with E-state index >= 15 is 0 Å². The summed E-state index contributed by atoms with van der Waals surface area (Å²) in [6.45, 7) is 11.5. The molecule has 14 rings (SSSR count). The first-order valence-electron chi connectivity index (χ1n) is 34.1. The van der Waals surface area contributed by atoms with Crippen LogP contribution in [0.25, 0.3) is 32.9 Å². The summed E-state index contributed by atoms with van der Waals surface area (Å²) in [6.07, 6.45) is 29.3. The number of ether oxygens (including phenoxy) is 3. The number of hydrogen-bond donors (Lipinski definition) is 1. The highest BCUT2D eigenvalue weighted by atomic mass is 35.5. The van der Waals surface area contributed by atoms with Gasteiger partial charge in [0.1, 0.15) is 17.2 Å². The minimum absolute atomic E-state index is 0. The summed E-state index contributed by atoms with van der Waals surface area (Å²) < 4.78 is 36.0. The summed E-state index contributed by atoms with van der Waals surface area (Å²) in [5, 5.41) is 20.3. The molecule has 92 heavy (non-hydrogen) atoms. The summed E-state index contributed by atoms with van der Waals surface area (Å²) >= 11 is 0. The number of fused-ring (bicyclic) bond motifs is 3. The molecule has 6 aliphatic rings. The number of rotatable bonds is 26. The third-order valence-electron chi connectivity index (χ3n) is 19.3. The highest BCUT2D eigenvalue weighted by Crippen LogP contribution is 2.39. The lowest BCUT2D eigenvalue weighted by atomic mass is 9.91. The van der Waals surface area contributed by atoms with Crippen molar-refractivity contribution in [3.05, 3.63) is 119 Å². The molecule has 0 spiro atoms. The van der Waals surface area contributed by atoms with Gasteiger partial charge in [0.2, 0.25) is 0 Å². The zero-order valence-corrected chi connectivity index (χ0v) is 57.1. The summed E-state index contributed by atoms with van der Waals surface area (Å²) in [4.78, 5) is 19.9. The van der Waals surface area contributed by atoms with Crippen molar-refractivity contribution in [3.63, 3.8) is 0 Å². The van der Waals surface area contributed by atoms with Crippen LogP contribution in [-0.4, -0.2) is 142 Å². The fraction of sp³-hybridized carbons (Fsp3) is 0.575. The first-order chi connectivity index (χ1) is 44.0. The standard InChI is InChI=1S/2C26H34N4O2.C21H31N3O2.2ClH/c2*1-29(2)17-23-25(31-18-20-5-6-20)10-8-22-24(28-32-26(22)23)9-7-19-11-14-30(15-12-19)21-4-3-13-27-16-21;1-24(2)13-18-20(25-14-16-3-4-16)8-6-17-19(23-26-21(17)18)7-5-15-9-11-22-12-10-15;;/h2*3-4,8,10,13,16,19-20H,5-7,9,11-12,14-15,17-18H2,1-2H3;6,8,15-16,22H,3-5,7,9-14H2,1-2H3;2*1H. The Hall–Kier alpha value is -6.21. The van der Waals surface area contributed by atoms with Crippen LogP contribution in [0.15, 0.2) is 99.0 Å². The van der Waals surface area contributed by atoms with E-state index in [1.165, 1.54) is 94.8 Å². The molecular weight excluding hydrogens is 1200 g/mol. The van der Waals surface area contributed by atoms with Crippen LogP contribution in [-0.2, 0) is 38.9 Å². The zero-order valence-electron chi connectivity index (χ0n) is 55.5. The molecule has 3 aliphatic carbocycles. The van der Waals surface area contributed by atoms with E-state index in [-0.39, 0.29) is 24.8 Å². The predicted octanol–water partition coefficient (Wildman–Crippen LogP) is 14.3. The number of nitrogens with one attached hydrogen (secondary N) is 1. The second-order valence-electron chi connectivity index (χ2n) is 27.7. The van der Waals surface area contributed by atoms with E-state index in [0.29, 0.717) is 0 Å². The third-order valence-corrected chi connectivity index (χ3v) is 19.3. The van der Waals surface area contributed by atoms with Gasteiger partial charge in [0.25, 0.3) is 0 Å². The molecule has 0 atom stereocenters. The Bertz CT molecular complexity index is 3340. The maximum absolute atomic E-state index is 6.16. The van der Waals surface area contributed by atoms with E-state index in [0.717, 1.165) is 230 Å². The van der Waals surface area contributed by atoms with Gasteiger partial charge in [-0.2, -0.15) is 0 Å². The van der Waals surface area contributed by atoms with Gasteiger partial charge in [-0.1, -0.05) is 15.5 Å². The highest BCUT2D eigenvalue weighted by Gasteiger charge is 2.29. The minimum atomic E-state index is 0. The Morgan fingerprint density at radius 3 is 1.04 bits per heavy atom. The number of aromatic nitrogens is 5. The maximum Gasteiger partial charge on any atom is 0.175 e. The Morgan fingerprint density at radius 2 is 0.750 bits per heavy atom. The lowest BCUT2D eigenvalue weighted by Gasteiger charge is -2.33. The summed E-state index contributed by atoms with van der Waals surface area (Å²) in [7, 11) is 12.5. The molecule has 5 aromatic heterocycles. The summed E-state index contributed by atoms with van der Waals surface area (Å²) in [5.74, 6) is 7.33. The number of pyridine rings is 2. The number of halogens is 2. The van der Waals surface area contributed by atoms with Gasteiger partial charge in [-0.15, -0.1) is 24.8 Å². The number of anilines is 2. The number of hydrogen-bond acceptors (Lipinski definition) is 17. The molecule has 0 radical (unpaired) electrons. The molecule has 3 saturated carbocycles. The van der Waals surface area contributed by atoms with Crippen molar-refractivity contribution in [2.24, 2.45) is 35.5 Å². The minimum Gasteiger partial charge on any atom is -0.493 e. The van der Waals surface area contributed by atoms with Crippen LogP contribution in [0.4, 0.5) is 11.4 Å². The number of nitrogens with zero attached hydrogens (tertiary/aromatic N) is 10. The van der Waals surface area contributed by atoms with E-state index in [4.69, 9.17) is 27.8 Å². The van der Waals surface area contributed by atoms with Crippen LogP contribution in [0.2, 0.25) is 0 Å². The fourth-order valence-corrected chi connectivity index (χ4v) is 13.3. The quantitative estimate of drug-likeness (QED) is 0.0545. The molecule has 0 unspecified atom stereocenters. The van der Waals surface area contributed by atoms with Crippen LogP contribution in [0.1, 0.15) is 130 Å². The van der Waals surface area contributed by atoms with Crippen molar-refractivity contribution in [2.45, 2.75) is 135 Å². The van der Waals surface area contributed by atoms with Crippen LogP contribution >= 0.6 is 24.8 Å². The third kappa shape index (κ3) is 18.8. The van der Waals surface area contributed by atoms with E-state index in [1.807, 2.05) is 36.9 Å². The van der Waals surface area contributed by atoms with E-state index in [2.05, 4.69) is 146 Å². The number of piperidine rings is 3. The van der Waals surface area contributed by atoms with Crippen molar-refractivity contribution < 1.29 is 27.8 Å². The lowest BCUT2D eigenvalue weighted by molar-refractivity contribution is 0.289. The average molecular weight is 1300 g/mol. The molecule has 6 fully saturated rings. The van der Waals surface area contributed by atoms with Crippen molar-refractivity contribution in [1.82, 2.24) is 45.5 Å². The van der Waals surface area contributed by atoms with Gasteiger partial charge in [0, 0.05) is 74.4 Å². The zero-order chi connectivity index (χ0) is 61.8. The van der Waals surface area contributed by atoms with Crippen LogP contribution in [0, 0.1) is 35.5 Å².